The Morgan fingerprint density at radius 2 is 1.15 bits per heavy atom. The Kier molecular flexibility index (Phi) is 3.98. The van der Waals surface area contributed by atoms with Crippen molar-refractivity contribution in [3.05, 3.63) is 145 Å². The van der Waals surface area contributed by atoms with Crippen molar-refractivity contribution in [2.24, 2.45) is 0 Å². The van der Waals surface area contributed by atoms with Crippen molar-refractivity contribution in [3.63, 3.8) is 0 Å². The quantitative estimate of drug-likeness (QED) is 0.155. The minimum atomic E-state index is -0.386. The molecule has 1 aliphatic rings. The highest BCUT2D eigenvalue weighted by atomic mass is 32.2. The summed E-state index contributed by atoms with van der Waals surface area (Å²) in [4.78, 5) is 2.53. The van der Waals surface area contributed by atoms with Gasteiger partial charge in [0.2, 0.25) is 0 Å². The van der Waals surface area contributed by atoms with Gasteiger partial charge in [0.15, 0.2) is 0 Å². The standard InChI is InChI=1S/C40H24S/c1-2-10-25(11-3-1)27-15-8-16-29-30(27)20-21-35-36(29)24-26-12-4-5-13-28(26)39(35)34-23-22-33-31-14-6-7-18-37(31)41-38-19-9-17-32(34)40(33)38/h1-24H/i1D,2D,3D,10D,11D. The minimum Gasteiger partial charge on any atom is -0.0888 e. The van der Waals surface area contributed by atoms with E-state index in [9.17, 15) is 0 Å². The first-order valence-corrected chi connectivity index (χ1v) is 14.5. The monoisotopic (exact) mass is 541 g/mol. The highest BCUT2D eigenvalue weighted by molar-refractivity contribution is 7.99. The van der Waals surface area contributed by atoms with E-state index in [0.29, 0.717) is 5.56 Å². The summed E-state index contributed by atoms with van der Waals surface area (Å²) in [5.74, 6) is 0. The van der Waals surface area contributed by atoms with E-state index < -0.39 is 0 Å². The van der Waals surface area contributed by atoms with Crippen molar-refractivity contribution in [2.45, 2.75) is 9.79 Å². The van der Waals surface area contributed by atoms with Gasteiger partial charge in [-0.05, 0) is 89.3 Å². The van der Waals surface area contributed by atoms with Gasteiger partial charge in [0.25, 0.3) is 0 Å². The van der Waals surface area contributed by atoms with E-state index in [1.54, 1.807) is 0 Å². The molecule has 41 heavy (non-hydrogen) atoms. The van der Waals surface area contributed by atoms with Crippen molar-refractivity contribution in [2.75, 3.05) is 0 Å². The molecule has 0 saturated carbocycles. The van der Waals surface area contributed by atoms with Crippen LogP contribution in [0.25, 0.3) is 76.5 Å². The second kappa shape index (κ2) is 8.83. The molecule has 0 unspecified atom stereocenters. The molecular weight excluding hydrogens is 513 g/mol. The fourth-order valence-corrected chi connectivity index (χ4v) is 7.74. The molecule has 0 saturated heterocycles. The average molecular weight is 542 g/mol. The Morgan fingerprint density at radius 1 is 0.439 bits per heavy atom. The van der Waals surface area contributed by atoms with Crippen LogP contribution in [-0.2, 0) is 0 Å². The highest BCUT2D eigenvalue weighted by Crippen LogP contribution is 2.51. The highest BCUT2D eigenvalue weighted by Gasteiger charge is 2.22. The predicted molar refractivity (Wildman–Crippen MR) is 177 cm³/mol. The molecule has 9 rings (SSSR count). The van der Waals surface area contributed by atoms with Gasteiger partial charge in [-0.1, -0.05) is 139 Å². The first-order valence-electron chi connectivity index (χ1n) is 16.2. The van der Waals surface area contributed by atoms with E-state index in [-0.39, 0.29) is 35.8 Å². The molecule has 0 nitrogen and oxygen atoms in total. The summed E-state index contributed by atoms with van der Waals surface area (Å²) in [6.45, 7) is 0. The normalized spacial score (nSPS) is 14.0. The van der Waals surface area contributed by atoms with Gasteiger partial charge in [0, 0.05) is 15.2 Å². The number of rotatable bonds is 2. The molecule has 1 heteroatoms. The predicted octanol–water partition coefficient (Wildman–Crippen LogP) is 11.8. The summed E-state index contributed by atoms with van der Waals surface area (Å²) in [7, 11) is 0. The zero-order chi connectivity index (χ0) is 31.3. The first-order chi connectivity index (χ1) is 22.4. The van der Waals surface area contributed by atoms with Crippen molar-refractivity contribution >= 4 is 54.9 Å². The van der Waals surface area contributed by atoms with Gasteiger partial charge >= 0.3 is 0 Å². The maximum atomic E-state index is 8.67. The molecule has 0 atom stereocenters. The van der Waals surface area contributed by atoms with E-state index in [4.69, 9.17) is 6.85 Å². The molecule has 0 aromatic heterocycles. The van der Waals surface area contributed by atoms with Crippen LogP contribution in [0.2, 0.25) is 0 Å². The van der Waals surface area contributed by atoms with E-state index >= 15 is 0 Å². The third-order valence-corrected chi connectivity index (χ3v) is 9.48. The molecule has 190 valence electrons. The molecule has 8 aromatic carbocycles. The number of benzene rings is 8. The Balaban J connectivity index is 1.38. The molecule has 0 N–H and O–H groups in total. The van der Waals surface area contributed by atoms with Gasteiger partial charge in [-0.25, -0.2) is 0 Å². The summed E-state index contributed by atoms with van der Waals surface area (Å²) in [5, 5.41) is 8.75. The molecule has 0 fully saturated rings. The van der Waals surface area contributed by atoms with Gasteiger partial charge in [0.05, 0.1) is 6.85 Å². The van der Waals surface area contributed by atoms with Crippen molar-refractivity contribution in [1.82, 2.24) is 0 Å². The first kappa shape index (κ1) is 18.5. The molecule has 8 aromatic rings. The molecule has 0 bridgehead atoms. The van der Waals surface area contributed by atoms with Crippen molar-refractivity contribution in [1.29, 1.82) is 0 Å². The molecule has 0 aliphatic carbocycles. The fourth-order valence-electron chi connectivity index (χ4n) is 6.60. The third-order valence-electron chi connectivity index (χ3n) is 8.34. The lowest BCUT2D eigenvalue weighted by atomic mass is 9.85. The third kappa shape index (κ3) is 3.36. The van der Waals surface area contributed by atoms with Gasteiger partial charge in [0.1, 0.15) is 0 Å². The van der Waals surface area contributed by atoms with Crippen LogP contribution in [0.15, 0.2) is 155 Å². The summed E-state index contributed by atoms with van der Waals surface area (Å²) >= 11 is 1.82. The molecule has 1 heterocycles. The minimum absolute atomic E-state index is 0.193. The Hall–Kier alpha value is -4.85. The van der Waals surface area contributed by atoms with Crippen molar-refractivity contribution in [3.8, 4) is 33.4 Å². The Morgan fingerprint density at radius 3 is 2.10 bits per heavy atom. The van der Waals surface area contributed by atoms with Crippen LogP contribution in [-0.4, -0.2) is 0 Å². The smallest absolute Gasteiger partial charge is 0.0629 e. The summed E-state index contributed by atoms with van der Waals surface area (Å²) in [5.41, 5.74) is 5.69. The lowest BCUT2D eigenvalue weighted by Crippen LogP contribution is -1.95. The van der Waals surface area contributed by atoms with Crippen LogP contribution < -0.4 is 0 Å². The summed E-state index contributed by atoms with van der Waals surface area (Å²) < 4.78 is 42.0. The Labute approximate surface area is 249 Å². The van der Waals surface area contributed by atoms with Crippen LogP contribution >= 0.6 is 11.8 Å². The Bertz CT molecular complexity index is 2600. The van der Waals surface area contributed by atoms with E-state index in [1.165, 1.54) is 42.6 Å². The van der Waals surface area contributed by atoms with E-state index in [1.807, 2.05) is 30.0 Å². The molecule has 0 radical (unpaired) electrons. The van der Waals surface area contributed by atoms with Crippen LogP contribution in [0, 0.1) is 0 Å². The summed E-state index contributed by atoms with van der Waals surface area (Å²) in [6.07, 6.45) is 0. The maximum Gasteiger partial charge on any atom is 0.0629 e. The average Bonchev–Trinajstić information content (AvgIpc) is 3.09. The largest absolute Gasteiger partial charge is 0.0888 e. The summed E-state index contributed by atoms with van der Waals surface area (Å²) in [6, 6.07) is 39.0. The van der Waals surface area contributed by atoms with Crippen molar-refractivity contribution < 1.29 is 6.85 Å². The molecule has 0 amide bonds. The molecular formula is C40H24S. The van der Waals surface area contributed by atoms with Gasteiger partial charge in [-0.15, -0.1) is 0 Å². The number of hydrogen-bond acceptors (Lipinski definition) is 1. The second-order valence-corrected chi connectivity index (χ2v) is 11.6. The van der Waals surface area contributed by atoms with E-state index in [0.717, 1.165) is 32.5 Å². The van der Waals surface area contributed by atoms with Gasteiger partial charge < -0.3 is 0 Å². The molecule has 1 aliphatic heterocycles. The molecule has 0 spiro atoms. The lowest BCUT2D eigenvalue weighted by molar-refractivity contribution is 1.40. The van der Waals surface area contributed by atoms with Crippen LogP contribution in [0.5, 0.6) is 0 Å². The number of hydrogen-bond donors (Lipinski definition) is 0. The fraction of sp³-hybridized carbons (Fsp3) is 0. The maximum absolute atomic E-state index is 8.67. The van der Waals surface area contributed by atoms with Crippen LogP contribution in [0.4, 0.5) is 0 Å². The SMILES string of the molecule is [2H]c1c([2H])c([2H])c(-c2cccc3c2ccc2c(-c4ccc5c6c(cccc46)Sc4ccccc4-5)c4ccccc4cc23)c([2H])c1[2H]. The van der Waals surface area contributed by atoms with Crippen LogP contribution in [0.1, 0.15) is 6.85 Å². The number of fused-ring (bicyclic) bond motifs is 6. The van der Waals surface area contributed by atoms with E-state index in [2.05, 4.69) is 97.1 Å². The topological polar surface area (TPSA) is 0 Å². The van der Waals surface area contributed by atoms with Gasteiger partial charge in [-0.2, -0.15) is 0 Å². The van der Waals surface area contributed by atoms with Crippen LogP contribution in [0.3, 0.4) is 0 Å². The lowest BCUT2D eigenvalue weighted by Gasteiger charge is -2.23. The second-order valence-electron chi connectivity index (χ2n) is 10.5. The zero-order valence-corrected chi connectivity index (χ0v) is 22.7. The van der Waals surface area contributed by atoms with Gasteiger partial charge in [-0.3, -0.25) is 0 Å². The zero-order valence-electron chi connectivity index (χ0n) is 26.9.